The Morgan fingerprint density at radius 2 is 1.69 bits per heavy atom. The van der Waals surface area contributed by atoms with Gasteiger partial charge in [0, 0.05) is 23.6 Å². The van der Waals surface area contributed by atoms with Gasteiger partial charge in [-0.1, -0.05) is 12.1 Å². The van der Waals surface area contributed by atoms with Crippen molar-refractivity contribution in [2.45, 2.75) is 6.54 Å². The second kappa shape index (κ2) is 9.78. The molecule has 1 aromatic heterocycles. The van der Waals surface area contributed by atoms with Gasteiger partial charge >= 0.3 is 0 Å². The van der Waals surface area contributed by atoms with Crippen molar-refractivity contribution in [3.05, 3.63) is 48.3 Å². The number of ether oxygens (including phenoxy) is 1. The number of nitrogens with one attached hydrogen (secondary N) is 3. The van der Waals surface area contributed by atoms with Gasteiger partial charge in [-0.05, 0) is 18.2 Å². The number of benzene rings is 1. The maximum absolute atomic E-state index is 12.4. The van der Waals surface area contributed by atoms with Gasteiger partial charge in [-0.2, -0.15) is 0 Å². The quantitative estimate of drug-likeness (QED) is 0.537. The summed E-state index contributed by atoms with van der Waals surface area (Å²) in [5.74, 6) is 0.839. The second-order valence-corrected chi connectivity index (χ2v) is 7.75. The molecule has 2 aliphatic heterocycles. The zero-order chi connectivity index (χ0) is 19.9. The molecule has 3 N–H and O–H groups in total. The molecule has 0 unspecified atom stereocenters. The number of rotatable bonds is 6. The predicted molar refractivity (Wildman–Crippen MR) is 110 cm³/mol. The number of nitrogens with zero attached hydrogens (tertiary/aromatic N) is 3. The Morgan fingerprint density at radius 1 is 1.00 bits per heavy atom. The van der Waals surface area contributed by atoms with Crippen molar-refractivity contribution in [1.29, 1.82) is 0 Å². The third-order valence-corrected chi connectivity index (χ3v) is 5.61. The van der Waals surface area contributed by atoms with Crippen LogP contribution >= 0.6 is 0 Å². The first-order chi connectivity index (χ1) is 14.3. The lowest BCUT2D eigenvalue weighted by Gasteiger charge is -2.31. The van der Waals surface area contributed by atoms with Gasteiger partial charge in [0.15, 0.2) is 6.54 Å². The predicted octanol–water partition coefficient (Wildman–Crippen LogP) is -1.76. The highest BCUT2D eigenvalue weighted by Gasteiger charge is 2.23. The Labute approximate surface area is 171 Å². The summed E-state index contributed by atoms with van der Waals surface area (Å²) in [6, 6.07) is 10.1. The summed E-state index contributed by atoms with van der Waals surface area (Å²) in [5, 5.41) is 3.04. The summed E-state index contributed by atoms with van der Waals surface area (Å²) in [6.07, 6.45) is 3.53. The number of hydrogen-bond acceptors (Lipinski definition) is 5. The van der Waals surface area contributed by atoms with Crippen LogP contribution in [0.3, 0.4) is 0 Å². The Hall–Kier alpha value is -2.55. The van der Waals surface area contributed by atoms with Crippen molar-refractivity contribution in [1.82, 2.24) is 9.97 Å². The number of carbonyl (C=O) groups is 1. The molecular formula is C21H30N6O2+2. The van der Waals surface area contributed by atoms with E-state index in [0.29, 0.717) is 6.54 Å². The highest BCUT2D eigenvalue weighted by molar-refractivity contribution is 5.91. The summed E-state index contributed by atoms with van der Waals surface area (Å²) in [7, 11) is 0. The summed E-state index contributed by atoms with van der Waals surface area (Å²) < 4.78 is 5.41. The normalized spacial score (nSPS) is 18.6. The molecule has 8 nitrogen and oxygen atoms in total. The SMILES string of the molecule is O=C(C[NH+]1CCN(c2ncccn2)CC1)Nc1ccc(C[NH+]2CCOCC2)cc1. The van der Waals surface area contributed by atoms with Crippen molar-refractivity contribution in [2.75, 3.05) is 69.2 Å². The molecular weight excluding hydrogens is 368 g/mol. The Bertz CT molecular complexity index is 772. The molecule has 2 fully saturated rings. The summed E-state index contributed by atoms with van der Waals surface area (Å²) in [6.45, 7) is 8.86. The third-order valence-electron chi connectivity index (χ3n) is 5.61. The first-order valence-corrected chi connectivity index (χ1v) is 10.4. The molecule has 154 valence electrons. The number of aromatic nitrogens is 2. The smallest absolute Gasteiger partial charge is 0.279 e. The minimum atomic E-state index is 0.0657. The van der Waals surface area contributed by atoms with Crippen molar-refractivity contribution in [3.8, 4) is 0 Å². The first-order valence-electron chi connectivity index (χ1n) is 10.4. The Balaban J connectivity index is 1.20. The molecule has 0 aliphatic carbocycles. The number of morpholine rings is 1. The number of quaternary nitrogens is 2. The van der Waals surface area contributed by atoms with Crippen LogP contribution in [0.15, 0.2) is 42.7 Å². The van der Waals surface area contributed by atoms with Crippen LogP contribution in [0.1, 0.15) is 5.56 Å². The number of hydrogen-bond donors (Lipinski definition) is 3. The maximum Gasteiger partial charge on any atom is 0.279 e. The average Bonchev–Trinajstić information content (AvgIpc) is 2.77. The van der Waals surface area contributed by atoms with E-state index >= 15 is 0 Å². The lowest BCUT2D eigenvalue weighted by molar-refractivity contribution is -0.921. The van der Waals surface area contributed by atoms with E-state index in [9.17, 15) is 4.79 Å². The zero-order valence-electron chi connectivity index (χ0n) is 16.8. The van der Waals surface area contributed by atoms with Crippen LogP contribution in [0.4, 0.5) is 11.6 Å². The van der Waals surface area contributed by atoms with E-state index in [0.717, 1.165) is 70.7 Å². The standard InChI is InChI=1S/C21H28N6O2/c28-20(17-25-8-10-27(11-9-25)21-22-6-1-7-23-21)24-19-4-2-18(3-5-19)16-26-12-14-29-15-13-26/h1-7H,8-17H2,(H,24,28)/p+2. The third kappa shape index (κ3) is 5.72. The summed E-state index contributed by atoms with van der Waals surface area (Å²) in [5.41, 5.74) is 2.16. The molecule has 3 heterocycles. The van der Waals surface area contributed by atoms with Crippen molar-refractivity contribution in [3.63, 3.8) is 0 Å². The second-order valence-electron chi connectivity index (χ2n) is 7.75. The topological polar surface area (TPSA) is 76.2 Å². The van der Waals surface area contributed by atoms with Crippen LogP contribution in [0.25, 0.3) is 0 Å². The molecule has 0 radical (unpaired) electrons. The van der Waals surface area contributed by atoms with Crippen LogP contribution in [0, 0.1) is 0 Å². The van der Waals surface area contributed by atoms with E-state index in [1.165, 1.54) is 10.5 Å². The van der Waals surface area contributed by atoms with Crippen LogP contribution in [0.2, 0.25) is 0 Å². The fourth-order valence-corrected chi connectivity index (χ4v) is 3.92. The molecule has 1 amide bonds. The van der Waals surface area contributed by atoms with Crippen LogP contribution in [-0.2, 0) is 16.1 Å². The number of anilines is 2. The first kappa shape index (κ1) is 19.8. The lowest BCUT2D eigenvalue weighted by Crippen LogP contribution is -3.15. The fourth-order valence-electron chi connectivity index (χ4n) is 3.92. The van der Waals surface area contributed by atoms with E-state index in [4.69, 9.17) is 4.74 Å². The van der Waals surface area contributed by atoms with Crippen molar-refractivity contribution >= 4 is 17.5 Å². The van der Waals surface area contributed by atoms with Gasteiger partial charge in [-0.25, -0.2) is 9.97 Å². The molecule has 2 aromatic rings. The van der Waals surface area contributed by atoms with Gasteiger partial charge in [0.2, 0.25) is 5.95 Å². The molecule has 0 saturated carbocycles. The van der Waals surface area contributed by atoms with E-state index in [2.05, 4.69) is 32.3 Å². The fraction of sp³-hybridized carbons (Fsp3) is 0.476. The van der Waals surface area contributed by atoms with Crippen LogP contribution < -0.4 is 20.0 Å². The highest BCUT2D eigenvalue weighted by Crippen LogP contribution is 2.09. The highest BCUT2D eigenvalue weighted by atomic mass is 16.5. The van der Waals surface area contributed by atoms with E-state index in [1.54, 1.807) is 17.3 Å². The van der Waals surface area contributed by atoms with Gasteiger partial charge in [-0.3, -0.25) is 4.79 Å². The minimum Gasteiger partial charge on any atom is -0.370 e. The maximum atomic E-state index is 12.4. The molecule has 2 saturated heterocycles. The van der Waals surface area contributed by atoms with Crippen molar-refractivity contribution in [2.24, 2.45) is 0 Å². The van der Waals surface area contributed by atoms with Gasteiger partial charge in [0.05, 0.1) is 39.4 Å². The van der Waals surface area contributed by atoms with Crippen LogP contribution in [0.5, 0.6) is 0 Å². The molecule has 4 rings (SSSR count). The molecule has 0 bridgehead atoms. The lowest BCUT2D eigenvalue weighted by atomic mass is 10.2. The molecule has 2 aliphatic rings. The monoisotopic (exact) mass is 398 g/mol. The van der Waals surface area contributed by atoms with E-state index in [-0.39, 0.29) is 5.91 Å². The zero-order valence-corrected chi connectivity index (χ0v) is 16.8. The van der Waals surface area contributed by atoms with Crippen molar-refractivity contribution < 1.29 is 19.3 Å². The molecule has 1 aromatic carbocycles. The Morgan fingerprint density at radius 3 is 2.38 bits per heavy atom. The number of amides is 1. The van der Waals surface area contributed by atoms with Gasteiger partial charge in [0.25, 0.3) is 5.91 Å². The summed E-state index contributed by atoms with van der Waals surface area (Å²) >= 11 is 0. The average molecular weight is 399 g/mol. The number of carbonyl (C=O) groups excluding carboxylic acids is 1. The molecule has 0 atom stereocenters. The van der Waals surface area contributed by atoms with Gasteiger partial charge in [0.1, 0.15) is 19.6 Å². The number of piperazine rings is 1. The minimum absolute atomic E-state index is 0.0657. The van der Waals surface area contributed by atoms with Crippen LogP contribution in [-0.4, -0.2) is 74.9 Å². The Kier molecular flexibility index (Phi) is 6.66. The molecule has 8 heteroatoms. The summed E-state index contributed by atoms with van der Waals surface area (Å²) in [4.78, 5) is 26.1. The molecule has 29 heavy (non-hydrogen) atoms. The van der Waals surface area contributed by atoms with E-state index in [1.807, 2.05) is 18.2 Å². The van der Waals surface area contributed by atoms with Gasteiger partial charge < -0.3 is 24.8 Å². The largest absolute Gasteiger partial charge is 0.370 e. The molecule has 0 spiro atoms. The van der Waals surface area contributed by atoms with Gasteiger partial charge in [-0.15, -0.1) is 0 Å². The van der Waals surface area contributed by atoms with E-state index < -0.39 is 0 Å².